The van der Waals surface area contributed by atoms with E-state index in [1.807, 2.05) is 43.3 Å². The van der Waals surface area contributed by atoms with Crippen molar-refractivity contribution in [1.82, 2.24) is 19.4 Å². The van der Waals surface area contributed by atoms with Crippen LogP contribution in [0.1, 0.15) is 36.8 Å². The van der Waals surface area contributed by atoms with Crippen LogP contribution in [0.4, 0.5) is 0 Å². The standard InChI is InChI=1S/C23H22N4O3S/c1-16-7-4-9-18(15-16)22-25-23(30-26-22)19-11-2-3-14-27(19)31(28,29)20-12-5-8-17-10-6-13-24-21(17)20/h4-10,12-13,15,19H,2-3,11,14H2,1H3. The van der Waals surface area contributed by atoms with Gasteiger partial charge in [0.15, 0.2) is 0 Å². The van der Waals surface area contributed by atoms with Crippen molar-refractivity contribution in [2.24, 2.45) is 0 Å². The van der Waals surface area contributed by atoms with Crippen molar-refractivity contribution in [2.75, 3.05) is 6.54 Å². The van der Waals surface area contributed by atoms with Gasteiger partial charge in [0.2, 0.25) is 21.7 Å². The lowest BCUT2D eigenvalue weighted by Crippen LogP contribution is -2.38. The Bertz CT molecular complexity index is 1340. The molecule has 8 heteroatoms. The second-order valence-corrected chi connectivity index (χ2v) is 9.64. The molecule has 5 rings (SSSR count). The lowest BCUT2D eigenvalue weighted by atomic mass is 10.1. The van der Waals surface area contributed by atoms with Crippen molar-refractivity contribution in [2.45, 2.75) is 37.1 Å². The minimum atomic E-state index is -3.80. The summed E-state index contributed by atoms with van der Waals surface area (Å²) in [7, 11) is -3.80. The smallest absolute Gasteiger partial charge is 0.245 e. The first-order chi connectivity index (χ1) is 15.0. The molecule has 0 bridgehead atoms. The fraction of sp³-hybridized carbons (Fsp3) is 0.261. The minimum absolute atomic E-state index is 0.205. The van der Waals surface area contributed by atoms with Crippen LogP contribution in [0.2, 0.25) is 0 Å². The molecule has 0 radical (unpaired) electrons. The van der Waals surface area contributed by atoms with Crippen LogP contribution in [-0.4, -0.2) is 34.4 Å². The van der Waals surface area contributed by atoms with E-state index in [2.05, 4.69) is 15.1 Å². The highest BCUT2D eigenvalue weighted by Gasteiger charge is 2.38. The number of aryl methyl sites for hydroxylation is 1. The Balaban J connectivity index is 1.54. The molecule has 0 N–H and O–H groups in total. The van der Waals surface area contributed by atoms with E-state index in [1.54, 1.807) is 24.4 Å². The summed E-state index contributed by atoms with van der Waals surface area (Å²) in [4.78, 5) is 9.10. The first-order valence-electron chi connectivity index (χ1n) is 10.3. The predicted octanol–water partition coefficient (Wildman–Crippen LogP) is 4.51. The second-order valence-electron chi connectivity index (χ2n) is 7.78. The number of nitrogens with zero attached hydrogens (tertiary/aromatic N) is 4. The largest absolute Gasteiger partial charge is 0.337 e. The molecule has 3 heterocycles. The molecular weight excluding hydrogens is 412 g/mol. The Morgan fingerprint density at radius 3 is 2.77 bits per heavy atom. The topological polar surface area (TPSA) is 89.2 Å². The van der Waals surface area contributed by atoms with E-state index in [9.17, 15) is 8.42 Å². The van der Waals surface area contributed by atoms with E-state index in [1.165, 1.54) is 4.31 Å². The van der Waals surface area contributed by atoms with E-state index in [0.29, 0.717) is 30.2 Å². The third kappa shape index (κ3) is 3.62. The molecule has 1 atom stereocenters. The van der Waals surface area contributed by atoms with Crippen molar-refractivity contribution in [3.8, 4) is 11.4 Å². The molecule has 0 aliphatic carbocycles. The van der Waals surface area contributed by atoms with Gasteiger partial charge in [-0.1, -0.05) is 53.5 Å². The number of fused-ring (bicyclic) bond motifs is 1. The molecule has 2 aromatic heterocycles. The quantitative estimate of drug-likeness (QED) is 0.469. The summed E-state index contributed by atoms with van der Waals surface area (Å²) in [6.45, 7) is 2.40. The normalized spacial score (nSPS) is 17.8. The number of sulfonamides is 1. The zero-order chi connectivity index (χ0) is 21.4. The Morgan fingerprint density at radius 2 is 1.90 bits per heavy atom. The van der Waals surface area contributed by atoms with Crippen LogP contribution in [0.15, 0.2) is 70.2 Å². The first-order valence-corrected chi connectivity index (χ1v) is 11.7. The van der Waals surface area contributed by atoms with E-state index in [4.69, 9.17) is 4.52 Å². The molecule has 4 aromatic rings. The number of piperidine rings is 1. The van der Waals surface area contributed by atoms with Gasteiger partial charge in [-0.2, -0.15) is 9.29 Å². The number of hydrogen-bond acceptors (Lipinski definition) is 6. The van der Waals surface area contributed by atoms with Crippen LogP contribution in [0, 0.1) is 6.92 Å². The Hall–Kier alpha value is -3.10. The lowest BCUT2D eigenvalue weighted by Gasteiger charge is -2.32. The second kappa shape index (κ2) is 7.86. The highest BCUT2D eigenvalue weighted by atomic mass is 32.2. The molecule has 1 aliphatic heterocycles. The highest BCUT2D eigenvalue weighted by molar-refractivity contribution is 7.89. The maximum absolute atomic E-state index is 13.7. The third-order valence-corrected chi connectivity index (χ3v) is 7.58. The molecule has 7 nitrogen and oxygen atoms in total. The van der Waals surface area contributed by atoms with Gasteiger partial charge < -0.3 is 4.52 Å². The number of rotatable bonds is 4. The van der Waals surface area contributed by atoms with E-state index < -0.39 is 16.1 Å². The number of benzene rings is 2. The Morgan fingerprint density at radius 1 is 1.06 bits per heavy atom. The summed E-state index contributed by atoms with van der Waals surface area (Å²) in [5, 5.41) is 4.91. The fourth-order valence-corrected chi connectivity index (χ4v) is 5.94. The van der Waals surface area contributed by atoms with Gasteiger partial charge in [-0.25, -0.2) is 8.42 Å². The molecule has 31 heavy (non-hydrogen) atoms. The van der Waals surface area contributed by atoms with Gasteiger partial charge in [-0.05, 0) is 38.0 Å². The number of aromatic nitrogens is 3. The average Bonchev–Trinajstić information content (AvgIpc) is 3.29. The van der Waals surface area contributed by atoms with Gasteiger partial charge in [0.05, 0.1) is 5.52 Å². The predicted molar refractivity (Wildman–Crippen MR) is 117 cm³/mol. The zero-order valence-electron chi connectivity index (χ0n) is 17.1. The van der Waals surface area contributed by atoms with Crippen LogP contribution in [0.25, 0.3) is 22.3 Å². The zero-order valence-corrected chi connectivity index (χ0v) is 17.9. The van der Waals surface area contributed by atoms with E-state index >= 15 is 0 Å². The summed E-state index contributed by atoms with van der Waals surface area (Å²) in [6.07, 6.45) is 3.92. The van der Waals surface area contributed by atoms with Crippen LogP contribution in [0.3, 0.4) is 0 Å². The summed E-state index contributed by atoms with van der Waals surface area (Å²) in [5.41, 5.74) is 2.41. The molecule has 2 aromatic carbocycles. The van der Waals surface area contributed by atoms with Crippen molar-refractivity contribution in [3.63, 3.8) is 0 Å². The molecule has 158 valence electrons. The van der Waals surface area contributed by atoms with E-state index in [0.717, 1.165) is 29.4 Å². The average molecular weight is 435 g/mol. The Kier molecular flexibility index (Phi) is 5.03. The molecule has 0 spiro atoms. The van der Waals surface area contributed by atoms with Gasteiger partial charge >= 0.3 is 0 Å². The summed E-state index contributed by atoms with van der Waals surface area (Å²) in [5.74, 6) is 0.793. The van der Waals surface area contributed by atoms with Crippen molar-refractivity contribution >= 4 is 20.9 Å². The van der Waals surface area contributed by atoms with Gasteiger partial charge in [0.25, 0.3) is 0 Å². The molecule has 1 unspecified atom stereocenters. The van der Waals surface area contributed by atoms with Crippen LogP contribution < -0.4 is 0 Å². The van der Waals surface area contributed by atoms with Crippen LogP contribution in [0.5, 0.6) is 0 Å². The maximum atomic E-state index is 13.7. The van der Waals surface area contributed by atoms with Crippen molar-refractivity contribution < 1.29 is 12.9 Å². The highest BCUT2D eigenvalue weighted by Crippen LogP contribution is 2.36. The summed E-state index contributed by atoms with van der Waals surface area (Å²) >= 11 is 0. The van der Waals surface area contributed by atoms with Gasteiger partial charge in [0.1, 0.15) is 10.9 Å². The van der Waals surface area contributed by atoms with Crippen LogP contribution in [-0.2, 0) is 10.0 Å². The van der Waals surface area contributed by atoms with Gasteiger partial charge in [-0.15, -0.1) is 0 Å². The number of para-hydroxylation sites is 1. The monoisotopic (exact) mass is 434 g/mol. The third-order valence-electron chi connectivity index (χ3n) is 5.64. The molecule has 1 fully saturated rings. The maximum Gasteiger partial charge on any atom is 0.245 e. The van der Waals surface area contributed by atoms with Crippen LogP contribution >= 0.6 is 0 Å². The SMILES string of the molecule is Cc1cccc(-c2noc(C3CCCCN3S(=O)(=O)c3cccc4cccnc34)n2)c1. The number of hydrogen-bond donors (Lipinski definition) is 0. The van der Waals surface area contributed by atoms with E-state index in [-0.39, 0.29) is 4.90 Å². The first kappa shape index (κ1) is 19.8. The fourth-order valence-electron chi connectivity index (χ4n) is 4.12. The minimum Gasteiger partial charge on any atom is -0.337 e. The number of pyridine rings is 1. The Labute approximate surface area is 180 Å². The molecule has 0 saturated carbocycles. The van der Waals surface area contributed by atoms with Crippen molar-refractivity contribution in [3.05, 3.63) is 72.2 Å². The van der Waals surface area contributed by atoms with Gasteiger partial charge in [-0.3, -0.25) is 4.98 Å². The molecule has 1 aliphatic rings. The summed E-state index contributed by atoms with van der Waals surface area (Å²) < 4.78 is 34.5. The van der Waals surface area contributed by atoms with Gasteiger partial charge in [0, 0.05) is 23.7 Å². The molecule has 0 amide bonds. The molecule has 1 saturated heterocycles. The molecular formula is C23H22N4O3S. The summed E-state index contributed by atoms with van der Waals surface area (Å²) in [6, 6.07) is 16.2. The lowest BCUT2D eigenvalue weighted by molar-refractivity contribution is 0.205. The van der Waals surface area contributed by atoms with Crippen molar-refractivity contribution in [1.29, 1.82) is 0 Å².